The molecule has 1 fully saturated rings. The van der Waals surface area contributed by atoms with Gasteiger partial charge in [-0.3, -0.25) is 0 Å². The SMILES string of the molecule is OC1Cc2nc(-c3c(-c4ccccc4)ccnc3N3CCC(F)(F)C3)[nH]c2C1. The molecule has 3 aromatic rings. The van der Waals surface area contributed by atoms with Gasteiger partial charge in [-0.1, -0.05) is 30.3 Å². The van der Waals surface area contributed by atoms with Crippen molar-refractivity contribution in [2.45, 2.75) is 31.3 Å². The van der Waals surface area contributed by atoms with Crippen LogP contribution in [-0.4, -0.2) is 45.2 Å². The van der Waals surface area contributed by atoms with Crippen LogP contribution in [0.2, 0.25) is 0 Å². The molecule has 0 saturated carbocycles. The van der Waals surface area contributed by atoms with E-state index in [-0.39, 0.29) is 19.5 Å². The number of halogens is 2. The number of aliphatic hydroxyl groups excluding tert-OH is 1. The van der Waals surface area contributed by atoms with E-state index in [1.54, 1.807) is 11.1 Å². The predicted molar refractivity (Wildman–Crippen MR) is 102 cm³/mol. The fraction of sp³-hybridized carbons (Fsp3) is 0.333. The number of hydrogen-bond donors (Lipinski definition) is 2. The lowest BCUT2D eigenvalue weighted by molar-refractivity contribution is 0.0257. The highest BCUT2D eigenvalue weighted by Crippen LogP contribution is 2.41. The normalized spacial score (nSPS) is 18.6. The van der Waals surface area contributed by atoms with E-state index >= 15 is 0 Å². The number of fused-ring (bicyclic) bond motifs is 1. The van der Waals surface area contributed by atoms with Crippen LogP contribution in [0.1, 0.15) is 17.8 Å². The molecule has 1 aliphatic heterocycles. The lowest BCUT2D eigenvalue weighted by atomic mass is 10.00. The number of nitrogens with zero attached hydrogens (tertiary/aromatic N) is 3. The van der Waals surface area contributed by atoms with E-state index in [9.17, 15) is 13.9 Å². The minimum Gasteiger partial charge on any atom is -0.392 e. The summed E-state index contributed by atoms with van der Waals surface area (Å²) in [5.74, 6) is -1.57. The van der Waals surface area contributed by atoms with Crippen molar-refractivity contribution in [1.29, 1.82) is 0 Å². The zero-order valence-electron chi connectivity index (χ0n) is 15.2. The Bertz CT molecular complexity index is 995. The number of benzene rings is 1. The highest BCUT2D eigenvalue weighted by Gasteiger charge is 2.40. The number of aromatic amines is 1. The van der Waals surface area contributed by atoms with Crippen LogP contribution in [0.25, 0.3) is 22.5 Å². The Labute approximate surface area is 161 Å². The number of imidazole rings is 1. The molecule has 5 nitrogen and oxygen atoms in total. The number of rotatable bonds is 3. The number of aromatic nitrogens is 3. The van der Waals surface area contributed by atoms with Crippen LogP contribution in [0.15, 0.2) is 42.6 Å². The van der Waals surface area contributed by atoms with Gasteiger partial charge in [-0.25, -0.2) is 18.7 Å². The largest absolute Gasteiger partial charge is 0.392 e. The van der Waals surface area contributed by atoms with E-state index in [2.05, 4.69) is 9.97 Å². The number of alkyl halides is 2. The Morgan fingerprint density at radius 2 is 1.96 bits per heavy atom. The van der Waals surface area contributed by atoms with Crippen LogP contribution in [0.3, 0.4) is 0 Å². The lowest BCUT2D eigenvalue weighted by Crippen LogP contribution is -2.26. The first-order valence-electron chi connectivity index (χ1n) is 9.43. The van der Waals surface area contributed by atoms with E-state index in [1.807, 2.05) is 36.4 Å². The summed E-state index contributed by atoms with van der Waals surface area (Å²) >= 11 is 0. The van der Waals surface area contributed by atoms with Gasteiger partial charge in [-0.2, -0.15) is 0 Å². The second-order valence-corrected chi connectivity index (χ2v) is 7.52. The first kappa shape index (κ1) is 17.3. The monoisotopic (exact) mass is 382 g/mol. The van der Waals surface area contributed by atoms with E-state index in [1.165, 1.54) is 0 Å². The van der Waals surface area contributed by atoms with Gasteiger partial charge >= 0.3 is 0 Å². The van der Waals surface area contributed by atoms with Crippen molar-refractivity contribution in [2.75, 3.05) is 18.0 Å². The Balaban J connectivity index is 1.67. The Morgan fingerprint density at radius 1 is 1.14 bits per heavy atom. The summed E-state index contributed by atoms with van der Waals surface area (Å²) in [5, 5.41) is 9.85. The first-order chi connectivity index (χ1) is 13.5. The molecule has 144 valence electrons. The maximum absolute atomic E-state index is 13.9. The van der Waals surface area contributed by atoms with Crippen molar-refractivity contribution in [3.05, 3.63) is 54.0 Å². The van der Waals surface area contributed by atoms with Gasteiger partial charge in [0.15, 0.2) is 0 Å². The summed E-state index contributed by atoms with van der Waals surface area (Å²) in [6, 6.07) is 11.7. The number of hydrogen-bond acceptors (Lipinski definition) is 4. The van der Waals surface area contributed by atoms with Crippen molar-refractivity contribution in [1.82, 2.24) is 15.0 Å². The molecule has 1 saturated heterocycles. The highest BCUT2D eigenvalue weighted by atomic mass is 19.3. The van der Waals surface area contributed by atoms with Crippen LogP contribution in [-0.2, 0) is 12.8 Å². The van der Waals surface area contributed by atoms with Gasteiger partial charge in [0.2, 0.25) is 0 Å². The van der Waals surface area contributed by atoms with Gasteiger partial charge < -0.3 is 15.0 Å². The zero-order valence-corrected chi connectivity index (χ0v) is 15.2. The van der Waals surface area contributed by atoms with Gasteiger partial charge in [0.25, 0.3) is 5.92 Å². The average molecular weight is 382 g/mol. The molecule has 2 aromatic heterocycles. The summed E-state index contributed by atoms with van der Waals surface area (Å²) in [4.78, 5) is 14.1. The molecule has 0 bridgehead atoms. The van der Waals surface area contributed by atoms with Crippen LogP contribution in [0, 0.1) is 0 Å². The van der Waals surface area contributed by atoms with Crippen LogP contribution < -0.4 is 4.90 Å². The van der Waals surface area contributed by atoms with Crippen LogP contribution in [0.5, 0.6) is 0 Å². The third kappa shape index (κ3) is 2.96. The van der Waals surface area contributed by atoms with Gasteiger partial charge in [0, 0.05) is 37.7 Å². The van der Waals surface area contributed by atoms with Crippen molar-refractivity contribution in [3.8, 4) is 22.5 Å². The standard InChI is InChI=1S/C21H20F2N4O/c22-21(23)7-9-27(12-21)20-18(19-25-16-10-14(28)11-17(16)26-19)15(6-8-24-20)13-4-2-1-3-5-13/h1-6,8,14,28H,7,9-12H2,(H,25,26). The van der Waals surface area contributed by atoms with Gasteiger partial charge in [0.1, 0.15) is 11.6 Å². The molecule has 0 spiro atoms. The molecule has 5 rings (SSSR count). The van der Waals surface area contributed by atoms with E-state index < -0.39 is 12.0 Å². The second kappa shape index (κ2) is 6.38. The van der Waals surface area contributed by atoms with Crippen LogP contribution in [0.4, 0.5) is 14.6 Å². The molecule has 2 aliphatic rings. The average Bonchev–Trinajstić information content (AvgIpc) is 3.34. The van der Waals surface area contributed by atoms with E-state index in [0.29, 0.717) is 24.5 Å². The molecule has 0 amide bonds. The summed E-state index contributed by atoms with van der Waals surface area (Å²) in [6.45, 7) is -0.0885. The van der Waals surface area contributed by atoms with Crippen LogP contribution >= 0.6 is 0 Å². The topological polar surface area (TPSA) is 65.0 Å². The summed E-state index contributed by atoms with van der Waals surface area (Å²) in [5.41, 5.74) is 4.35. The number of pyridine rings is 1. The quantitative estimate of drug-likeness (QED) is 0.728. The van der Waals surface area contributed by atoms with E-state index in [0.717, 1.165) is 28.1 Å². The molecule has 3 heterocycles. The minimum absolute atomic E-state index is 0.176. The third-order valence-electron chi connectivity index (χ3n) is 5.45. The summed E-state index contributed by atoms with van der Waals surface area (Å²) in [7, 11) is 0. The zero-order chi connectivity index (χ0) is 19.3. The van der Waals surface area contributed by atoms with Gasteiger partial charge in [-0.05, 0) is 17.2 Å². The molecule has 1 aliphatic carbocycles. The molecular weight excluding hydrogens is 362 g/mol. The van der Waals surface area contributed by atoms with Crippen molar-refractivity contribution in [2.24, 2.45) is 0 Å². The molecule has 28 heavy (non-hydrogen) atoms. The molecule has 2 N–H and O–H groups in total. The lowest BCUT2D eigenvalue weighted by Gasteiger charge is -2.22. The Morgan fingerprint density at radius 3 is 2.68 bits per heavy atom. The predicted octanol–water partition coefficient (Wildman–Crippen LogP) is 3.44. The summed E-state index contributed by atoms with van der Waals surface area (Å²) in [6.07, 6.45) is 2.11. The summed E-state index contributed by atoms with van der Waals surface area (Å²) < 4.78 is 27.8. The maximum Gasteiger partial charge on any atom is 0.266 e. The Kier molecular flexibility index (Phi) is 3.94. The molecule has 1 aromatic carbocycles. The molecule has 1 atom stereocenters. The maximum atomic E-state index is 13.9. The molecule has 0 radical (unpaired) electrons. The van der Waals surface area contributed by atoms with E-state index in [4.69, 9.17) is 4.98 Å². The molecular formula is C21H20F2N4O. The minimum atomic E-state index is -2.71. The van der Waals surface area contributed by atoms with Gasteiger partial charge in [0.05, 0.1) is 23.9 Å². The third-order valence-corrected chi connectivity index (χ3v) is 5.45. The number of nitrogens with one attached hydrogen (secondary N) is 1. The second-order valence-electron chi connectivity index (χ2n) is 7.52. The smallest absolute Gasteiger partial charge is 0.266 e. The Hall–Kier alpha value is -2.80. The first-order valence-corrected chi connectivity index (χ1v) is 9.43. The fourth-order valence-electron chi connectivity index (χ4n) is 4.13. The van der Waals surface area contributed by atoms with Crippen molar-refractivity contribution in [3.63, 3.8) is 0 Å². The highest BCUT2D eigenvalue weighted by molar-refractivity contribution is 5.88. The molecule has 1 unspecified atom stereocenters. The van der Waals surface area contributed by atoms with Crippen molar-refractivity contribution >= 4 is 5.82 Å². The van der Waals surface area contributed by atoms with Gasteiger partial charge in [-0.15, -0.1) is 0 Å². The van der Waals surface area contributed by atoms with Crippen molar-refractivity contribution < 1.29 is 13.9 Å². The number of H-pyrrole nitrogens is 1. The number of aliphatic hydroxyl groups is 1. The fourth-order valence-corrected chi connectivity index (χ4v) is 4.13. The number of anilines is 1. The molecule has 7 heteroatoms.